The SMILES string of the molecule is Cc1ccccc1-c1cc(C(=O)N2CCCC(c3nccs3)C2)c2cnn(C(C)C)c2n1. The van der Waals surface area contributed by atoms with E-state index in [1.807, 2.05) is 39.4 Å². The number of piperidine rings is 1. The molecule has 4 aromatic rings. The van der Waals surface area contributed by atoms with Crippen molar-refractivity contribution in [3.63, 3.8) is 0 Å². The number of carbonyl (C=O) groups excluding carboxylic acids is 1. The molecule has 1 atom stereocenters. The van der Waals surface area contributed by atoms with Gasteiger partial charge in [-0.05, 0) is 45.2 Å². The normalized spacial score (nSPS) is 16.8. The number of aryl methyl sites for hydroxylation is 1. The first-order chi connectivity index (χ1) is 15.5. The molecule has 5 rings (SSSR count). The Morgan fingerprint density at radius 2 is 2.09 bits per heavy atom. The van der Waals surface area contributed by atoms with Crippen LogP contribution in [0.1, 0.15) is 59.6 Å². The number of benzene rings is 1. The van der Waals surface area contributed by atoms with Crippen LogP contribution in [0.2, 0.25) is 0 Å². The van der Waals surface area contributed by atoms with Crippen molar-refractivity contribution in [3.8, 4) is 11.3 Å². The summed E-state index contributed by atoms with van der Waals surface area (Å²) in [7, 11) is 0. The molecule has 32 heavy (non-hydrogen) atoms. The van der Waals surface area contributed by atoms with Gasteiger partial charge in [-0.2, -0.15) is 5.10 Å². The Balaban J connectivity index is 1.59. The molecule has 0 spiro atoms. The molecule has 1 aliphatic heterocycles. The fourth-order valence-corrected chi connectivity index (χ4v) is 5.31. The van der Waals surface area contributed by atoms with Crippen LogP contribution in [0.15, 0.2) is 48.1 Å². The first-order valence-corrected chi connectivity index (χ1v) is 12.0. The highest BCUT2D eigenvalue weighted by Gasteiger charge is 2.29. The molecule has 1 aromatic carbocycles. The van der Waals surface area contributed by atoms with Crippen molar-refractivity contribution in [2.45, 2.75) is 45.6 Å². The van der Waals surface area contributed by atoms with Crippen LogP contribution in [-0.4, -0.2) is 43.6 Å². The van der Waals surface area contributed by atoms with Gasteiger partial charge in [-0.1, -0.05) is 24.3 Å². The Bertz CT molecular complexity index is 1260. The Morgan fingerprint density at radius 3 is 2.84 bits per heavy atom. The maximum absolute atomic E-state index is 13.8. The van der Waals surface area contributed by atoms with E-state index in [-0.39, 0.29) is 11.9 Å². The van der Waals surface area contributed by atoms with Crippen LogP contribution in [0.5, 0.6) is 0 Å². The molecular formula is C25H27N5OS. The van der Waals surface area contributed by atoms with E-state index in [4.69, 9.17) is 4.98 Å². The number of thiazole rings is 1. The monoisotopic (exact) mass is 445 g/mol. The molecule has 4 heterocycles. The van der Waals surface area contributed by atoms with Gasteiger partial charge in [0.2, 0.25) is 0 Å². The number of hydrogen-bond acceptors (Lipinski definition) is 5. The Hall–Kier alpha value is -3.06. The van der Waals surface area contributed by atoms with Gasteiger partial charge in [0.05, 0.1) is 27.8 Å². The number of rotatable bonds is 4. The predicted octanol–water partition coefficient (Wildman–Crippen LogP) is 5.46. The molecule has 0 saturated carbocycles. The van der Waals surface area contributed by atoms with Gasteiger partial charge >= 0.3 is 0 Å². The summed E-state index contributed by atoms with van der Waals surface area (Å²) in [6, 6.07) is 10.3. The van der Waals surface area contributed by atoms with E-state index in [0.29, 0.717) is 18.0 Å². The Labute approximate surface area is 191 Å². The summed E-state index contributed by atoms with van der Waals surface area (Å²) in [6.45, 7) is 7.71. The minimum Gasteiger partial charge on any atom is -0.338 e. The van der Waals surface area contributed by atoms with Crippen molar-refractivity contribution in [1.29, 1.82) is 0 Å². The maximum Gasteiger partial charge on any atom is 0.254 e. The zero-order valence-electron chi connectivity index (χ0n) is 18.7. The number of fused-ring (bicyclic) bond motifs is 1. The van der Waals surface area contributed by atoms with E-state index in [1.165, 1.54) is 0 Å². The lowest BCUT2D eigenvalue weighted by Gasteiger charge is -2.32. The second kappa shape index (κ2) is 8.47. The van der Waals surface area contributed by atoms with Crippen LogP contribution in [0, 0.1) is 6.92 Å². The van der Waals surface area contributed by atoms with Gasteiger partial charge in [-0.15, -0.1) is 11.3 Å². The van der Waals surface area contributed by atoms with Crippen LogP contribution in [0.3, 0.4) is 0 Å². The van der Waals surface area contributed by atoms with E-state index in [2.05, 4.69) is 43.0 Å². The van der Waals surface area contributed by atoms with Crippen LogP contribution < -0.4 is 0 Å². The minimum atomic E-state index is 0.0526. The van der Waals surface area contributed by atoms with Gasteiger partial charge in [-0.3, -0.25) is 4.79 Å². The molecule has 1 unspecified atom stereocenters. The highest BCUT2D eigenvalue weighted by atomic mass is 32.1. The summed E-state index contributed by atoms with van der Waals surface area (Å²) in [5, 5.41) is 8.52. The van der Waals surface area contributed by atoms with Gasteiger partial charge in [-0.25, -0.2) is 14.6 Å². The van der Waals surface area contributed by atoms with Crippen molar-refractivity contribution in [2.75, 3.05) is 13.1 Å². The molecule has 0 bridgehead atoms. The van der Waals surface area contributed by atoms with Crippen molar-refractivity contribution in [2.24, 2.45) is 0 Å². The average molecular weight is 446 g/mol. The first kappa shape index (κ1) is 20.8. The van der Waals surface area contributed by atoms with E-state index >= 15 is 0 Å². The first-order valence-electron chi connectivity index (χ1n) is 11.2. The highest BCUT2D eigenvalue weighted by molar-refractivity contribution is 7.09. The van der Waals surface area contributed by atoms with Crippen LogP contribution in [0.4, 0.5) is 0 Å². The molecule has 6 nitrogen and oxygen atoms in total. The van der Waals surface area contributed by atoms with Gasteiger partial charge < -0.3 is 4.90 Å². The van der Waals surface area contributed by atoms with Crippen LogP contribution >= 0.6 is 11.3 Å². The van der Waals surface area contributed by atoms with E-state index in [0.717, 1.165) is 52.2 Å². The molecule has 1 aliphatic rings. The Kier molecular flexibility index (Phi) is 5.51. The third-order valence-electron chi connectivity index (χ3n) is 6.22. The average Bonchev–Trinajstić information content (AvgIpc) is 3.48. The molecule has 164 valence electrons. The number of aromatic nitrogens is 4. The summed E-state index contributed by atoms with van der Waals surface area (Å²) in [5.41, 5.74) is 4.43. The Morgan fingerprint density at radius 1 is 1.25 bits per heavy atom. The number of likely N-dealkylation sites (tertiary alicyclic amines) is 1. The lowest BCUT2D eigenvalue weighted by molar-refractivity contribution is 0.0709. The molecule has 0 N–H and O–H groups in total. The summed E-state index contributed by atoms with van der Waals surface area (Å²) >= 11 is 1.68. The fourth-order valence-electron chi connectivity index (χ4n) is 4.54. The predicted molar refractivity (Wildman–Crippen MR) is 128 cm³/mol. The molecule has 1 saturated heterocycles. The van der Waals surface area contributed by atoms with E-state index in [9.17, 15) is 4.79 Å². The quantitative estimate of drug-likeness (QED) is 0.418. The summed E-state index contributed by atoms with van der Waals surface area (Å²) < 4.78 is 1.91. The summed E-state index contributed by atoms with van der Waals surface area (Å²) in [5.74, 6) is 0.357. The van der Waals surface area contributed by atoms with Crippen molar-refractivity contribution in [3.05, 3.63) is 64.2 Å². The smallest absolute Gasteiger partial charge is 0.254 e. The second-order valence-corrected chi connectivity index (χ2v) is 9.68. The van der Waals surface area contributed by atoms with E-state index < -0.39 is 0 Å². The standard InChI is InChI=1S/C25H27N5OS/c1-16(2)30-23-21(14-27-30)20(13-22(28-23)19-9-5-4-7-17(19)3)25(31)29-11-6-8-18(15-29)24-26-10-12-32-24/h4-5,7,9-10,12-14,16,18H,6,8,11,15H2,1-3H3. The minimum absolute atomic E-state index is 0.0526. The van der Waals surface area contributed by atoms with Crippen molar-refractivity contribution >= 4 is 28.3 Å². The highest BCUT2D eigenvalue weighted by Crippen LogP contribution is 2.32. The second-order valence-electron chi connectivity index (χ2n) is 8.75. The number of carbonyl (C=O) groups is 1. The fraction of sp³-hybridized carbons (Fsp3) is 0.360. The molecule has 1 fully saturated rings. The maximum atomic E-state index is 13.8. The number of amides is 1. The van der Waals surface area contributed by atoms with Crippen molar-refractivity contribution in [1.82, 2.24) is 24.6 Å². The molecular weight excluding hydrogens is 418 g/mol. The number of nitrogens with zero attached hydrogens (tertiary/aromatic N) is 5. The van der Waals surface area contributed by atoms with Crippen molar-refractivity contribution < 1.29 is 4.79 Å². The number of pyridine rings is 1. The molecule has 0 radical (unpaired) electrons. The third kappa shape index (κ3) is 3.71. The van der Waals surface area contributed by atoms with Crippen LogP contribution in [0.25, 0.3) is 22.3 Å². The number of hydrogen-bond donors (Lipinski definition) is 0. The van der Waals surface area contributed by atoms with Gasteiger partial charge in [0.25, 0.3) is 5.91 Å². The van der Waals surface area contributed by atoms with Gasteiger partial charge in [0.1, 0.15) is 0 Å². The third-order valence-corrected chi connectivity index (χ3v) is 7.15. The van der Waals surface area contributed by atoms with Gasteiger partial charge in [0, 0.05) is 42.2 Å². The van der Waals surface area contributed by atoms with Crippen LogP contribution in [-0.2, 0) is 0 Å². The lowest BCUT2D eigenvalue weighted by Crippen LogP contribution is -2.39. The molecule has 1 amide bonds. The topological polar surface area (TPSA) is 63.9 Å². The lowest BCUT2D eigenvalue weighted by atomic mass is 9.97. The van der Waals surface area contributed by atoms with E-state index in [1.54, 1.807) is 17.5 Å². The summed E-state index contributed by atoms with van der Waals surface area (Å²) in [4.78, 5) is 25.3. The molecule has 7 heteroatoms. The largest absolute Gasteiger partial charge is 0.338 e. The summed E-state index contributed by atoms with van der Waals surface area (Å²) in [6.07, 6.45) is 5.70. The molecule has 3 aromatic heterocycles. The zero-order chi connectivity index (χ0) is 22.2. The molecule has 0 aliphatic carbocycles. The van der Waals surface area contributed by atoms with Gasteiger partial charge in [0.15, 0.2) is 5.65 Å². The zero-order valence-corrected chi connectivity index (χ0v) is 19.5.